The second kappa shape index (κ2) is 10.8. The second-order valence-corrected chi connectivity index (χ2v) is 22.5. The highest BCUT2D eigenvalue weighted by Gasteiger charge is 2.34. The summed E-state index contributed by atoms with van der Waals surface area (Å²) < 4.78 is 8.23. The fourth-order valence-corrected chi connectivity index (χ4v) is 13.2. The maximum absolute atomic E-state index is 2.56. The highest BCUT2D eigenvalue weighted by molar-refractivity contribution is 7.35. The molecule has 0 aliphatic rings. The predicted molar refractivity (Wildman–Crippen MR) is 144 cm³/mol. The number of rotatable bonds is 10. The fraction of sp³-hybridized carbons (Fsp3) is 0.400. The van der Waals surface area contributed by atoms with Crippen molar-refractivity contribution in [1.29, 1.82) is 0 Å². The molecule has 3 aromatic heterocycles. The van der Waals surface area contributed by atoms with Gasteiger partial charge >= 0.3 is 0 Å². The molecule has 3 heterocycles. The summed E-state index contributed by atoms with van der Waals surface area (Å²) in [6, 6.07) is 20.8. The van der Waals surface area contributed by atoms with Gasteiger partial charge in [-0.2, -0.15) is 22.7 Å². The maximum atomic E-state index is 2.56. The molecule has 0 unspecified atom stereocenters. The van der Waals surface area contributed by atoms with Crippen molar-refractivity contribution in [1.82, 2.24) is 4.57 Å². The predicted octanol–water partition coefficient (Wildman–Crippen LogP) is 3.07. The first-order valence-electron chi connectivity index (χ1n) is 11.4. The Hall–Kier alpha value is -1.19. The van der Waals surface area contributed by atoms with Crippen LogP contribution in [0.4, 0.5) is 0 Å². The van der Waals surface area contributed by atoms with Crippen molar-refractivity contribution in [3.05, 3.63) is 65.6 Å². The molecule has 4 aromatic rings. The number of para-hydroxylation sites is 2. The molecule has 0 amide bonds. The normalized spacial score (nSPS) is 12.2. The SMILES string of the molecule is C[Si](C)(C)CCC[n+]1cn(CCC[Si](C)(c2cccs2)c2cccs2)c2ccccc21.[Cl-]. The number of nitrogens with zero attached hydrogens (tertiary/aromatic N) is 2. The zero-order valence-corrected chi connectivity index (χ0v) is 24.1. The number of aromatic nitrogens is 2. The number of thiophene rings is 2. The van der Waals surface area contributed by atoms with Crippen LogP contribution in [0.3, 0.4) is 0 Å². The van der Waals surface area contributed by atoms with E-state index < -0.39 is 16.1 Å². The number of hydrogen-bond acceptors (Lipinski definition) is 2. The van der Waals surface area contributed by atoms with E-state index in [-0.39, 0.29) is 12.4 Å². The second-order valence-electron chi connectivity index (χ2n) is 10.0. The summed E-state index contributed by atoms with van der Waals surface area (Å²) in [5.74, 6) is 0. The van der Waals surface area contributed by atoms with E-state index >= 15 is 0 Å². The average Bonchev–Trinajstić information content (AvgIpc) is 3.49. The standard InChI is InChI=1S/C25H35N2S2Si2.ClH/c1-30(2,3)19-9-15-26-21-27(23-12-6-5-11-22(23)26)16-10-20-31(4,24-13-7-17-28-24)25-14-8-18-29-25;/h5-8,11-14,17-18,21H,9-10,15-16,19-20H2,1-4H3;1H/q+1;/p-1. The number of aryl methyl sites for hydroxylation is 2. The third-order valence-electron chi connectivity index (χ3n) is 6.31. The van der Waals surface area contributed by atoms with Crippen LogP contribution in [0.15, 0.2) is 65.6 Å². The summed E-state index contributed by atoms with van der Waals surface area (Å²) >= 11 is 3.91. The lowest BCUT2D eigenvalue weighted by molar-refractivity contribution is -0.672. The summed E-state index contributed by atoms with van der Waals surface area (Å²) in [7, 11) is -2.61. The van der Waals surface area contributed by atoms with Crippen molar-refractivity contribution in [2.45, 2.75) is 64.2 Å². The zero-order valence-electron chi connectivity index (χ0n) is 19.7. The average molecular weight is 519 g/mol. The van der Waals surface area contributed by atoms with Crippen LogP contribution in [0.2, 0.25) is 38.3 Å². The first-order chi connectivity index (χ1) is 14.9. The summed E-state index contributed by atoms with van der Waals surface area (Å²) in [5.41, 5.74) is 2.76. The van der Waals surface area contributed by atoms with Crippen molar-refractivity contribution in [3.63, 3.8) is 0 Å². The lowest BCUT2D eigenvalue weighted by Gasteiger charge is -2.24. The molecule has 2 nitrogen and oxygen atoms in total. The Labute approximate surface area is 209 Å². The Morgan fingerprint density at radius 2 is 1.47 bits per heavy atom. The van der Waals surface area contributed by atoms with Crippen LogP contribution >= 0.6 is 22.7 Å². The van der Waals surface area contributed by atoms with Gasteiger partial charge in [-0.1, -0.05) is 68.6 Å². The van der Waals surface area contributed by atoms with Gasteiger partial charge in [-0.25, -0.2) is 9.13 Å². The van der Waals surface area contributed by atoms with Crippen molar-refractivity contribution >= 4 is 58.9 Å². The maximum Gasteiger partial charge on any atom is 0.244 e. The van der Waals surface area contributed by atoms with Crippen LogP contribution in [0.5, 0.6) is 0 Å². The van der Waals surface area contributed by atoms with E-state index in [9.17, 15) is 0 Å². The molecule has 4 rings (SSSR count). The monoisotopic (exact) mass is 518 g/mol. The first-order valence-corrected chi connectivity index (χ1v) is 19.6. The molecule has 172 valence electrons. The van der Waals surface area contributed by atoms with Crippen LogP contribution < -0.4 is 26.0 Å². The fourth-order valence-electron chi connectivity index (χ4n) is 4.53. The van der Waals surface area contributed by atoms with Crippen LogP contribution in [0, 0.1) is 0 Å². The van der Waals surface area contributed by atoms with Crippen LogP contribution in [-0.4, -0.2) is 20.7 Å². The molecule has 0 bridgehead atoms. The van der Waals surface area contributed by atoms with Crippen molar-refractivity contribution in [3.8, 4) is 0 Å². The molecule has 0 fully saturated rings. The van der Waals surface area contributed by atoms with Gasteiger partial charge in [0.1, 0.15) is 8.07 Å². The third-order valence-corrected chi connectivity index (χ3v) is 16.8. The number of halogens is 1. The molecule has 0 saturated carbocycles. The van der Waals surface area contributed by atoms with Gasteiger partial charge in [-0.05, 0) is 50.8 Å². The largest absolute Gasteiger partial charge is 1.00 e. The molecule has 1 aromatic carbocycles. The van der Waals surface area contributed by atoms with Gasteiger partial charge in [-0.3, -0.25) is 0 Å². The highest BCUT2D eigenvalue weighted by Crippen LogP contribution is 2.20. The molecular formula is C25H35ClN2S2Si2. The van der Waals surface area contributed by atoms with Crippen molar-refractivity contribution in [2.24, 2.45) is 0 Å². The summed E-state index contributed by atoms with van der Waals surface area (Å²) in [6.07, 6.45) is 4.90. The molecular weight excluding hydrogens is 484 g/mol. The van der Waals surface area contributed by atoms with Gasteiger partial charge < -0.3 is 12.4 Å². The zero-order chi connectivity index (χ0) is 21.9. The molecule has 32 heavy (non-hydrogen) atoms. The number of fused-ring (bicyclic) bond motifs is 1. The summed E-state index contributed by atoms with van der Waals surface area (Å²) in [6.45, 7) is 12.2. The highest BCUT2D eigenvalue weighted by atomic mass is 35.5. The Balaban J connectivity index is 0.00000289. The molecule has 0 saturated heterocycles. The van der Waals surface area contributed by atoms with Crippen molar-refractivity contribution in [2.75, 3.05) is 0 Å². The van der Waals surface area contributed by atoms with Gasteiger partial charge in [-0.15, -0.1) is 0 Å². The van der Waals surface area contributed by atoms with Gasteiger partial charge in [0.2, 0.25) is 6.33 Å². The van der Waals surface area contributed by atoms with E-state index in [1.54, 1.807) is 9.00 Å². The van der Waals surface area contributed by atoms with E-state index in [1.807, 2.05) is 22.7 Å². The molecule has 0 N–H and O–H groups in total. The minimum absolute atomic E-state index is 0. The van der Waals surface area contributed by atoms with E-state index in [4.69, 9.17) is 0 Å². The third kappa shape index (κ3) is 5.83. The van der Waals surface area contributed by atoms with Crippen LogP contribution in [-0.2, 0) is 13.1 Å². The van der Waals surface area contributed by atoms with E-state index in [1.165, 1.54) is 36.0 Å². The van der Waals surface area contributed by atoms with Gasteiger partial charge in [0, 0.05) is 8.07 Å². The summed E-state index contributed by atoms with van der Waals surface area (Å²) in [4.78, 5) is 0. The van der Waals surface area contributed by atoms with E-state index in [0.29, 0.717) is 0 Å². The molecule has 0 aliphatic heterocycles. The smallest absolute Gasteiger partial charge is 0.244 e. The van der Waals surface area contributed by atoms with Crippen LogP contribution in [0.1, 0.15) is 12.8 Å². The molecule has 0 aliphatic carbocycles. The van der Waals surface area contributed by atoms with Crippen LogP contribution in [0.25, 0.3) is 11.0 Å². The van der Waals surface area contributed by atoms with E-state index in [2.05, 4.69) is 101 Å². The molecule has 7 heteroatoms. The minimum atomic E-state index is -1.63. The van der Waals surface area contributed by atoms with Gasteiger partial charge in [0.15, 0.2) is 11.0 Å². The molecule has 0 radical (unpaired) electrons. The quantitative estimate of drug-likeness (QED) is 0.225. The van der Waals surface area contributed by atoms with Crippen molar-refractivity contribution < 1.29 is 17.0 Å². The van der Waals surface area contributed by atoms with E-state index in [0.717, 1.165) is 13.1 Å². The topological polar surface area (TPSA) is 8.81 Å². The molecule has 0 atom stereocenters. The number of benzene rings is 1. The lowest BCUT2D eigenvalue weighted by atomic mass is 10.3. The lowest BCUT2D eigenvalue weighted by Crippen LogP contribution is -3.00. The first kappa shape index (κ1) is 25.4. The van der Waals surface area contributed by atoms with Gasteiger partial charge in [0.25, 0.3) is 0 Å². The summed E-state index contributed by atoms with van der Waals surface area (Å²) in [5, 5.41) is 4.49. The Morgan fingerprint density at radius 1 is 0.812 bits per heavy atom. The molecule has 0 spiro atoms. The number of hydrogen-bond donors (Lipinski definition) is 0. The minimum Gasteiger partial charge on any atom is -1.00 e. The Morgan fingerprint density at radius 3 is 2.06 bits per heavy atom. The number of imidazole rings is 1. The van der Waals surface area contributed by atoms with Gasteiger partial charge in [0.05, 0.1) is 13.1 Å². The Bertz CT molecular complexity index is 1060. The Kier molecular flexibility index (Phi) is 8.61.